The molecule has 0 amide bonds. The maximum absolute atomic E-state index is 12.1. The Morgan fingerprint density at radius 3 is 2.95 bits per heavy atom. The van der Waals surface area contributed by atoms with E-state index in [0.717, 1.165) is 0 Å². The van der Waals surface area contributed by atoms with Crippen LogP contribution in [-0.4, -0.2) is 38.1 Å². The Kier molecular flexibility index (Phi) is 6.29. The molecule has 3 N–H and O–H groups in total. The lowest BCUT2D eigenvalue weighted by molar-refractivity contribution is 0.146. The van der Waals surface area contributed by atoms with E-state index in [2.05, 4.69) is 9.71 Å². The van der Waals surface area contributed by atoms with Crippen LogP contribution in [0.5, 0.6) is 0 Å². The van der Waals surface area contributed by atoms with E-state index in [9.17, 15) is 8.42 Å². The molecule has 0 aliphatic carbocycles. The summed E-state index contributed by atoms with van der Waals surface area (Å²) in [5, 5.41) is 0. The van der Waals surface area contributed by atoms with Crippen molar-refractivity contribution in [2.75, 3.05) is 19.8 Å². The summed E-state index contributed by atoms with van der Waals surface area (Å²) in [6, 6.07) is 2.95. The van der Waals surface area contributed by atoms with Gasteiger partial charge in [0.2, 0.25) is 10.0 Å². The predicted molar refractivity (Wildman–Crippen MR) is 76.4 cm³/mol. The van der Waals surface area contributed by atoms with Crippen molar-refractivity contribution in [3.63, 3.8) is 0 Å². The van der Waals surface area contributed by atoms with Crippen molar-refractivity contribution < 1.29 is 13.2 Å². The molecule has 0 saturated carbocycles. The largest absolute Gasteiger partial charge is 0.388 e. The quantitative estimate of drug-likeness (QED) is 0.534. The Hall–Kier alpha value is -1.09. The zero-order valence-electron chi connectivity index (χ0n) is 10.6. The summed E-state index contributed by atoms with van der Waals surface area (Å²) in [5.74, 6) is 0. The first kappa shape index (κ1) is 16.0. The molecule has 6 nitrogen and oxygen atoms in total. The summed E-state index contributed by atoms with van der Waals surface area (Å²) in [4.78, 5) is 3.85. The lowest BCUT2D eigenvalue weighted by Crippen LogP contribution is -2.28. The zero-order valence-corrected chi connectivity index (χ0v) is 12.3. The van der Waals surface area contributed by atoms with Crippen LogP contribution < -0.4 is 10.5 Å². The van der Waals surface area contributed by atoms with Gasteiger partial charge >= 0.3 is 0 Å². The van der Waals surface area contributed by atoms with Crippen LogP contribution in [0, 0.1) is 0 Å². The number of aromatic nitrogens is 1. The highest BCUT2D eigenvalue weighted by molar-refractivity contribution is 7.89. The molecule has 1 aromatic heterocycles. The van der Waals surface area contributed by atoms with E-state index in [1.54, 1.807) is 0 Å². The van der Waals surface area contributed by atoms with Crippen LogP contribution in [-0.2, 0) is 14.8 Å². The number of pyridine rings is 1. The fourth-order valence-electron chi connectivity index (χ4n) is 1.40. The number of nitrogens with one attached hydrogen (secondary N) is 1. The van der Waals surface area contributed by atoms with Gasteiger partial charge in [-0.25, -0.2) is 13.1 Å². The molecule has 0 aliphatic heterocycles. The first-order chi connectivity index (χ1) is 8.99. The van der Waals surface area contributed by atoms with Crippen LogP contribution >= 0.6 is 12.2 Å². The van der Waals surface area contributed by atoms with Crippen molar-refractivity contribution in [3.05, 3.63) is 24.0 Å². The SMILES string of the molecule is CCOCCCNS(=O)(=O)c1cccnc1C(N)=S. The van der Waals surface area contributed by atoms with Crippen LogP contribution in [0.25, 0.3) is 0 Å². The third kappa shape index (κ3) is 4.83. The molecule has 8 heteroatoms. The fourth-order valence-corrected chi connectivity index (χ4v) is 2.87. The Morgan fingerprint density at radius 1 is 1.58 bits per heavy atom. The summed E-state index contributed by atoms with van der Waals surface area (Å²) < 4.78 is 31.8. The number of rotatable bonds is 8. The number of nitrogens with zero attached hydrogens (tertiary/aromatic N) is 1. The second kappa shape index (κ2) is 7.49. The molecule has 1 rings (SSSR count). The molecule has 106 valence electrons. The first-order valence-electron chi connectivity index (χ1n) is 5.81. The van der Waals surface area contributed by atoms with Gasteiger partial charge in [-0.1, -0.05) is 12.2 Å². The Balaban J connectivity index is 2.75. The summed E-state index contributed by atoms with van der Waals surface area (Å²) in [7, 11) is -3.66. The minimum atomic E-state index is -3.66. The highest BCUT2D eigenvalue weighted by Gasteiger charge is 2.19. The Bertz CT molecular complexity index is 532. The van der Waals surface area contributed by atoms with Gasteiger partial charge in [-0.05, 0) is 25.5 Å². The predicted octanol–water partition coefficient (Wildman–Crippen LogP) is 0.421. The molecule has 0 atom stereocenters. The number of nitrogens with two attached hydrogens (primary N) is 1. The standard InChI is InChI=1S/C11H17N3O3S2/c1-2-17-8-4-7-14-19(15,16)9-5-3-6-13-10(9)11(12)18/h3,5-6,14H,2,4,7-8H2,1H3,(H2,12,18). The third-order valence-corrected chi connectivity index (χ3v) is 3.94. The van der Waals surface area contributed by atoms with E-state index in [0.29, 0.717) is 19.6 Å². The normalized spacial score (nSPS) is 11.4. The molecule has 0 radical (unpaired) electrons. The minimum Gasteiger partial charge on any atom is -0.388 e. The van der Waals surface area contributed by atoms with Gasteiger partial charge < -0.3 is 10.5 Å². The molecule has 0 spiro atoms. The number of sulfonamides is 1. The van der Waals surface area contributed by atoms with Gasteiger partial charge in [-0.15, -0.1) is 0 Å². The lowest BCUT2D eigenvalue weighted by atomic mass is 10.3. The van der Waals surface area contributed by atoms with Crippen LogP contribution in [0.15, 0.2) is 23.2 Å². The van der Waals surface area contributed by atoms with E-state index in [1.807, 2.05) is 6.92 Å². The molecule has 0 aliphatic rings. The molecule has 0 saturated heterocycles. The van der Waals surface area contributed by atoms with E-state index in [4.69, 9.17) is 22.7 Å². The zero-order chi connectivity index (χ0) is 14.3. The molecule has 1 aromatic rings. The van der Waals surface area contributed by atoms with Gasteiger partial charge in [-0.2, -0.15) is 0 Å². The maximum Gasteiger partial charge on any atom is 0.242 e. The summed E-state index contributed by atoms with van der Waals surface area (Å²) in [5.41, 5.74) is 5.57. The summed E-state index contributed by atoms with van der Waals surface area (Å²) in [6.07, 6.45) is 2.04. The third-order valence-electron chi connectivity index (χ3n) is 2.26. The Morgan fingerprint density at radius 2 is 2.32 bits per heavy atom. The van der Waals surface area contributed by atoms with Gasteiger partial charge in [0.25, 0.3) is 0 Å². The van der Waals surface area contributed by atoms with Crippen LogP contribution in [0.4, 0.5) is 0 Å². The van der Waals surface area contributed by atoms with Gasteiger partial charge in [0.15, 0.2) is 0 Å². The van der Waals surface area contributed by atoms with Crippen molar-refractivity contribution in [2.45, 2.75) is 18.2 Å². The van der Waals surface area contributed by atoms with Gasteiger partial charge in [0.1, 0.15) is 15.6 Å². The van der Waals surface area contributed by atoms with Crippen molar-refractivity contribution >= 4 is 27.2 Å². The summed E-state index contributed by atoms with van der Waals surface area (Å²) in [6.45, 7) is 3.29. The highest BCUT2D eigenvalue weighted by atomic mass is 32.2. The first-order valence-corrected chi connectivity index (χ1v) is 7.70. The van der Waals surface area contributed by atoms with E-state index in [-0.39, 0.29) is 22.1 Å². The average molecular weight is 303 g/mol. The molecule has 0 unspecified atom stereocenters. The molecular formula is C11H17N3O3S2. The summed E-state index contributed by atoms with van der Waals surface area (Å²) >= 11 is 4.79. The molecule has 0 bridgehead atoms. The maximum atomic E-state index is 12.1. The van der Waals surface area contributed by atoms with Crippen molar-refractivity contribution in [1.29, 1.82) is 0 Å². The van der Waals surface area contributed by atoms with E-state index < -0.39 is 10.0 Å². The van der Waals surface area contributed by atoms with Gasteiger partial charge in [0, 0.05) is 26.0 Å². The fraction of sp³-hybridized carbons (Fsp3) is 0.455. The lowest BCUT2D eigenvalue weighted by Gasteiger charge is -2.09. The minimum absolute atomic E-state index is 0.00101. The number of hydrogen-bond donors (Lipinski definition) is 2. The van der Waals surface area contributed by atoms with Gasteiger partial charge in [0.05, 0.1) is 0 Å². The second-order valence-corrected chi connectivity index (χ2v) is 5.84. The average Bonchev–Trinajstić information content (AvgIpc) is 2.38. The van der Waals surface area contributed by atoms with Crippen molar-refractivity contribution in [3.8, 4) is 0 Å². The molecular weight excluding hydrogens is 286 g/mol. The number of hydrogen-bond acceptors (Lipinski definition) is 5. The Labute approximate surface area is 118 Å². The topological polar surface area (TPSA) is 94.3 Å². The number of ether oxygens (including phenoxy) is 1. The molecule has 0 fully saturated rings. The monoisotopic (exact) mass is 303 g/mol. The van der Waals surface area contributed by atoms with E-state index >= 15 is 0 Å². The second-order valence-electron chi connectivity index (χ2n) is 3.66. The highest BCUT2D eigenvalue weighted by Crippen LogP contribution is 2.12. The number of thiocarbonyl (C=S) groups is 1. The smallest absolute Gasteiger partial charge is 0.242 e. The van der Waals surface area contributed by atoms with Gasteiger partial charge in [-0.3, -0.25) is 4.98 Å². The van der Waals surface area contributed by atoms with Crippen LogP contribution in [0.3, 0.4) is 0 Å². The van der Waals surface area contributed by atoms with Crippen molar-refractivity contribution in [1.82, 2.24) is 9.71 Å². The van der Waals surface area contributed by atoms with E-state index in [1.165, 1.54) is 18.3 Å². The molecule has 1 heterocycles. The van der Waals surface area contributed by atoms with Crippen LogP contribution in [0.1, 0.15) is 19.0 Å². The molecule has 19 heavy (non-hydrogen) atoms. The van der Waals surface area contributed by atoms with Crippen molar-refractivity contribution in [2.24, 2.45) is 5.73 Å². The van der Waals surface area contributed by atoms with Crippen LogP contribution in [0.2, 0.25) is 0 Å². The molecule has 0 aromatic carbocycles.